The van der Waals surface area contributed by atoms with Crippen LogP contribution in [0.4, 0.5) is 5.69 Å². The summed E-state index contributed by atoms with van der Waals surface area (Å²) in [7, 11) is 3.54. The molecule has 0 aliphatic carbocycles. The van der Waals surface area contributed by atoms with Gasteiger partial charge in [-0.25, -0.2) is 4.68 Å². The van der Waals surface area contributed by atoms with Crippen LogP contribution in [0.1, 0.15) is 5.56 Å². The smallest absolute Gasteiger partial charge is 0.194 e. The molecule has 1 saturated heterocycles. The van der Waals surface area contributed by atoms with E-state index in [4.69, 9.17) is 4.74 Å². The molecule has 3 aromatic rings. The number of anilines is 1. The van der Waals surface area contributed by atoms with Crippen molar-refractivity contribution in [3.8, 4) is 11.4 Å². The summed E-state index contributed by atoms with van der Waals surface area (Å²) in [6, 6.07) is 18.6. The van der Waals surface area contributed by atoms with Crippen molar-refractivity contribution in [1.82, 2.24) is 20.0 Å². The summed E-state index contributed by atoms with van der Waals surface area (Å²) in [5, 5.41) is 7.76. The van der Waals surface area contributed by atoms with Crippen LogP contribution < -0.4 is 15.0 Å². The molecular formula is C23H29IN6O. The van der Waals surface area contributed by atoms with E-state index in [1.165, 1.54) is 11.3 Å². The third kappa shape index (κ3) is 5.69. The lowest BCUT2D eigenvalue weighted by molar-refractivity contribution is 0.372. The van der Waals surface area contributed by atoms with Crippen molar-refractivity contribution < 1.29 is 4.74 Å². The number of hydrogen-bond acceptors (Lipinski definition) is 4. The van der Waals surface area contributed by atoms with Crippen LogP contribution in [0.25, 0.3) is 5.69 Å². The molecule has 1 fully saturated rings. The van der Waals surface area contributed by atoms with Crippen LogP contribution in [0.3, 0.4) is 0 Å². The van der Waals surface area contributed by atoms with Crippen molar-refractivity contribution in [2.24, 2.45) is 4.99 Å². The number of ether oxygens (including phenoxy) is 1. The Balaban J connectivity index is 0.00000272. The van der Waals surface area contributed by atoms with E-state index < -0.39 is 0 Å². The van der Waals surface area contributed by atoms with Crippen molar-refractivity contribution in [2.45, 2.75) is 6.54 Å². The van der Waals surface area contributed by atoms with E-state index in [1.807, 2.05) is 36.1 Å². The fourth-order valence-corrected chi connectivity index (χ4v) is 3.67. The highest BCUT2D eigenvalue weighted by molar-refractivity contribution is 14.0. The SMILES string of the molecule is CN=C(NCc1ccc(-n2cccn2)cc1)N1CCN(c2ccc(OC)cc2)CC1.I. The Kier molecular flexibility index (Phi) is 8.16. The average Bonchev–Trinajstić information content (AvgIpc) is 3.35. The van der Waals surface area contributed by atoms with Gasteiger partial charge in [0.05, 0.1) is 12.8 Å². The van der Waals surface area contributed by atoms with Gasteiger partial charge in [0.1, 0.15) is 5.75 Å². The first kappa shape index (κ1) is 22.9. The number of aromatic nitrogens is 2. The zero-order valence-electron chi connectivity index (χ0n) is 17.9. The maximum Gasteiger partial charge on any atom is 0.194 e. The van der Waals surface area contributed by atoms with Gasteiger partial charge >= 0.3 is 0 Å². The molecule has 8 heteroatoms. The molecule has 1 aliphatic heterocycles. The van der Waals surface area contributed by atoms with Crippen molar-refractivity contribution in [3.63, 3.8) is 0 Å². The first-order valence-corrected chi connectivity index (χ1v) is 10.2. The molecule has 0 unspecified atom stereocenters. The van der Waals surface area contributed by atoms with E-state index in [0.29, 0.717) is 0 Å². The van der Waals surface area contributed by atoms with Gasteiger partial charge in [0, 0.05) is 57.9 Å². The molecule has 4 rings (SSSR count). The van der Waals surface area contributed by atoms with Gasteiger partial charge in [-0.05, 0) is 48.0 Å². The lowest BCUT2D eigenvalue weighted by Gasteiger charge is -2.37. The average molecular weight is 532 g/mol. The van der Waals surface area contributed by atoms with Gasteiger partial charge in [0.25, 0.3) is 0 Å². The van der Waals surface area contributed by atoms with Gasteiger partial charge in [0.15, 0.2) is 5.96 Å². The van der Waals surface area contributed by atoms with Crippen LogP contribution in [-0.2, 0) is 6.54 Å². The summed E-state index contributed by atoms with van der Waals surface area (Å²) in [6.07, 6.45) is 3.73. The highest BCUT2D eigenvalue weighted by Gasteiger charge is 2.19. The molecule has 0 atom stereocenters. The summed E-state index contributed by atoms with van der Waals surface area (Å²) in [6.45, 7) is 4.54. The molecule has 7 nitrogen and oxygen atoms in total. The molecule has 1 N–H and O–H groups in total. The topological polar surface area (TPSA) is 57.9 Å². The molecular weight excluding hydrogens is 503 g/mol. The summed E-state index contributed by atoms with van der Waals surface area (Å²) in [5.74, 6) is 1.83. The molecule has 2 aromatic carbocycles. The number of rotatable bonds is 5. The van der Waals surface area contributed by atoms with Gasteiger partial charge in [-0.1, -0.05) is 12.1 Å². The summed E-state index contributed by atoms with van der Waals surface area (Å²) in [4.78, 5) is 9.21. The van der Waals surface area contributed by atoms with Crippen molar-refractivity contribution >= 4 is 35.6 Å². The number of hydrogen-bond donors (Lipinski definition) is 1. The fourth-order valence-electron chi connectivity index (χ4n) is 3.67. The summed E-state index contributed by atoms with van der Waals surface area (Å²) < 4.78 is 7.11. The molecule has 0 amide bonds. The number of methoxy groups -OCH3 is 1. The Morgan fingerprint density at radius 3 is 2.26 bits per heavy atom. The zero-order valence-corrected chi connectivity index (χ0v) is 20.3. The third-order valence-electron chi connectivity index (χ3n) is 5.38. The fraction of sp³-hybridized carbons (Fsp3) is 0.304. The minimum Gasteiger partial charge on any atom is -0.497 e. The number of piperazine rings is 1. The second-order valence-corrected chi connectivity index (χ2v) is 7.19. The van der Waals surface area contributed by atoms with Crippen LogP contribution in [0.2, 0.25) is 0 Å². The quantitative estimate of drug-likeness (QED) is 0.310. The van der Waals surface area contributed by atoms with Crippen LogP contribution in [0.15, 0.2) is 72.0 Å². The predicted octanol–water partition coefficient (Wildman–Crippen LogP) is 3.40. The molecule has 1 aromatic heterocycles. The van der Waals surface area contributed by atoms with Crippen LogP contribution in [0, 0.1) is 0 Å². The molecule has 0 bridgehead atoms. The Morgan fingerprint density at radius 1 is 1.00 bits per heavy atom. The van der Waals surface area contributed by atoms with Crippen molar-refractivity contribution in [1.29, 1.82) is 0 Å². The molecule has 0 radical (unpaired) electrons. The van der Waals surface area contributed by atoms with E-state index >= 15 is 0 Å². The van der Waals surface area contributed by atoms with E-state index in [2.05, 4.69) is 61.6 Å². The second-order valence-electron chi connectivity index (χ2n) is 7.19. The summed E-state index contributed by atoms with van der Waals surface area (Å²) in [5.41, 5.74) is 3.50. The van der Waals surface area contributed by atoms with Crippen molar-refractivity contribution in [3.05, 3.63) is 72.6 Å². The van der Waals surface area contributed by atoms with Gasteiger partial charge < -0.3 is 19.9 Å². The Morgan fingerprint density at radius 2 is 1.68 bits per heavy atom. The summed E-state index contributed by atoms with van der Waals surface area (Å²) >= 11 is 0. The van der Waals surface area contributed by atoms with Gasteiger partial charge in [-0.2, -0.15) is 5.10 Å². The molecule has 1 aliphatic rings. The Bertz CT molecular complexity index is 949. The van der Waals surface area contributed by atoms with Crippen LogP contribution >= 0.6 is 24.0 Å². The lowest BCUT2D eigenvalue weighted by Crippen LogP contribution is -2.52. The van der Waals surface area contributed by atoms with Crippen molar-refractivity contribution in [2.75, 3.05) is 45.2 Å². The minimum atomic E-state index is 0. The monoisotopic (exact) mass is 532 g/mol. The largest absolute Gasteiger partial charge is 0.497 e. The second kappa shape index (κ2) is 11.0. The molecule has 0 spiro atoms. The number of benzene rings is 2. The maximum atomic E-state index is 5.25. The normalized spacial score (nSPS) is 14.2. The number of guanidine groups is 1. The predicted molar refractivity (Wildman–Crippen MR) is 136 cm³/mol. The van der Waals surface area contributed by atoms with Gasteiger partial charge in [-0.3, -0.25) is 4.99 Å². The van der Waals surface area contributed by atoms with Gasteiger partial charge in [0.2, 0.25) is 0 Å². The maximum absolute atomic E-state index is 5.25. The number of nitrogens with zero attached hydrogens (tertiary/aromatic N) is 5. The molecule has 164 valence electrons. The van der Waals surface area contributed by atoms with Crippen LogP contribution in [-0.4, -0.2) is 61.0 Å². The first-order chi connectivity index (χ1) is 14.8. The Labute approximate surface area is 200 Å². The molecule has 0 saturated carbocycles. The molecule has 31 heavy (non-hydrogen) atoms. The number of nitrogens with one attached hydrogen (secondary N) is 1. The standard InChI is InChI=1S/C23H28N6O.HI/c1-24-23(25-18-19-4-6-21(7-5-19)29-13-3-12-26-29)28-16-14-27(15-17-28)20-8-10-22(30-2)11-9-20;/h3-13H,14-18H2,1-2H3,(H,24,25);1H. The van der Waals surface area contributed by atoms with Crippen LogP contribution in [0.5, 0.6) is 5.75 Å². The first-order valence-electron chi connectivity index (χ1n) is 10.2. The van der Waals surface area contributed by atoms with Gasteiger partial charge in [-0.15, -0.1) is 24.0 Å². The van der Waals surface area contributed by atoms with E-state index in [-0.39, 0.29) is 24.0 Å². The van der Waals surface area contributed by atoms with E-state index in [0.717, 1.165) is 50.1 Å². The van der Waals surface area contributed by atoms with E-state index in [9.17, 15) is 0 Å². The zero-order chi connectivity index (χ0) is 20.8. The minimum absolute atomic E-state index is 0. The Hall–Kier alpha value is -2.75. The van der Waals surface area contributed by atoms with E-state index in [1.54, 1.807) is 13.3 Å². The number of aliphatic imine (C=N–C) groups is 1. The third-order valence-corrected chi connectivity index (χ3v) is 5.38. The highest BCUT2D eigenvalue weighted by Crippen LogP contribution is 2.20. The lowest BCUT2D eigenvalue weighted by atomic mass is 10.2. The highest BCUT2D eigenvalue weighted by atomic mass is 127. The molecule has 2 heterocycles. The number of halogens is 1.